The third kappa shape index (κ3) is 0.790. The third-order valence-corrected chi connectivity index (χ3v) is 1.68. The van der Waals surface area contributed by atoms with Gasteiger partial charge in [-0.05, 0) is 12.5 Å². The molecule has 0 fully saturated rings. The van der Waals surface area contributed by atoms with E-state index in [2.05, 4.69) is 15.2 Å². The Morgan fingerprint density at radius 2 is 2.27 bits per heavy atom. The van der Waals surface area contributed by atoms with E-state index in [4.69, 9.17) is 0 Å². The van der Waals surface area contributed by atoms with Crippen molar-refractivity contribution < 1.29 is 0 Å². The van der Waals surface area contributed by atoms with Crippen LogP contribution in [0.4, 0.5) is 0 Å². The van der Waals surface area contributed by atoms with Crippen molar-refractivity contribution in [3.63, 3.8) is 0 Å². The summed E-state index contributed by atoms with van der Waals surface area (Å²) in [7, 11) is 1.91. The quantitative estimate of drug-likeness (QED) is 0.551. The molecule has 0 spiro atoms. The molecule has 4 heteroatoms. The van der Waals surface area contributed by atoms with Gasteiger partial charge in [0.2, 0.25) is 0 Å². The van der Waals surface area contributed by atoms with E-state index in [9.17, 15) is 0 Å². The molecule has 0 atom stereocenters. The monoisotopic (exact) mass is 148 g/mol. The summed E-state index contributed by atoms with van der Waals surface area (Å²) in [5.74, 6) is 0. The second-order valence-corrected chi connectivity index (χ2v) is 2.56. The minimum Gasteiger partial charge on any atom is -0.317 e. The molecule has 4 nitrogen and oxygen atoms in total. The standard InChI is InChI=1S/C7H8N4/c1-5-3-9-10-7-6(5)8-4-11(7)2/h3-4H,1-2H3. The van der Waals surface area contributed by atoms with Crippen LogP contribution in [0.5, 0.6) is 0 Å². The van der Waals surface area contributed by atoms with Gasteiger partial charge in [0, 0.05) is 7.05 Å². The van der Waals surface area contributed by atoms with Crippen LogP contribution in [-0.4, -0.2) is 19.7 Å². The van der Waals surface area contributed by atoms with Crippen LogP contribution in [0.25, 0.3) is 11.2 Å². The Balaban J connectivity index is 2.94. The predicted octanol–water partition coefficient (Wildman–Crippen LogP) is 0.672. The molecule has 2 rings (SSSR count). The molecule has 0 aromatic carbocycles. The minimum absolute atomic E-state index is 0.838. The smallest absolute Gasteiger partial charge is 0.182 e. The van der Waals surface area contributed by atoms with Crippen molar-refractivity contribution in [1.82, 2.24) is 19.7 Å². The number of aromatic nitrogens is 4. The summed E-state index contributed by atoms with van der Waals surface area (Å²) in [4.78, 5) is 4.18. The molecule has 2 aromatic rings. The van der Waals surface area contributed by atoms with Crippen molar-refractivity contribution in [2.45, 2.75) is 6.92 Å². The maximum Gasteiger partial charge on any atom is 0.182 e. The normalized spacial score (nSPS) is 10.7. The Labute approximate surface area is 63.9 Å². The average Bonchev–Trinajstić information content (AvgIpc) is 2.35. The van der Waals surface area contributed by atoms with Gasteiger partial charge in [-0.25, -0.2) is 4.98 Å². The van der Waals surface area contributed by atoms with Crippen molar-refractivity contribution in [1.29, 1.82) is 0 Å². The van der Waals surface area contributed by atoms with Crippen molar-refractivity contribution in [2.75, 3.05) is 0 Å². The lowest BCUT2D eigenvalue weighted by atomic mass is 10.3. The van der Waals surface area contributed by atoms with Gasteiger partial charge < -0.3 is 4.57 Å². The molecule has 0 unspecified atom stereocenters. The van der Waals surface area contributed by atoms with Crippen molar-refractivity contribution in [2.24, 2.45) is 7.05 Å². The van der Waals surface area contributed by atoms with Crippen LogP contribution in [0.2, 0.25) is 0 Å². The second kappa shape index (κ2) is 2.02. The molecule has 0 aliphatic rings. The maximum absolute atomic E-state index is 4.18. The van der Waals surface area contributed by atoms with E-state index < -0.39 is 0 Å². The molecule has 0 saturated carbocycles. The molecule has 0 saturated heterocycles. The highest BCUT2D eigenvalue weighted by molar-refractivity contribution is 5.73. The van der Waals surface area contributed by atoms with Crippen LogP contribution in [-0.2, 0) is 7.05 Å². The predicted molar refractivity (Wildman–Crippen MR) is 41.0 cm³/mol. The van der Waals surface area contributed by atoms with Gasteiger partial charge in [0.1, 0.15) is 5.52 Å². The van der Waals surface area contributed by atoms with Gasteiger partial charge in [-0.3, -0.25) is 0 Å². The van der Waals surface area contributed by atoms with E-state index in [-0.39, 0.29) is 0 Å². The molecule has 11 heavy (non-hydrogen) atoms. The minimum atomic E-state index is 0.838. The molecule has 0 amide bonds. The number of hydrogen-bond donors (Lipinski definition) is 0. The topological polar surface area (TPSA) is 43.6 Å². The molecule has 56 valence electrons. The van der Waals surface area contributed by atoms with Crippen LogP contribution in [0.1, 0.15) is 5.56 Å². The maximum atomic E-state index is 4.18. The lowest BCUT2D eigenvalue weighted by molar-refractivity contribution is 0.905. The Kier molecular flexibility index (Phi) is 1.15. The van der Waals surface area contributed by atoms with Crippen molar-refractivity contribution >= 4 is 11.2 Å². The van der Waals surface area contributed by atoms with E-state index in [1.54, 1.807) is 12.5 Å². The third-order valence-electron chi connectivity index (χ3n) is 1.68. The Hall–Kier alpha value is -1.45. The number of nitrogens with zero attached hydrogens (tertiary/aromatic N) is 4. The lowest BCUT2D eigenvalue weighted by Gasteiger charge is -1.92. The summed E-state index contributed by atoms with van der Waals surface area (Å²) in [6.45, 7) is 1.98. The van der Waals surface area contributed by atoms with Crippen LogP contribution in [0.3, 0.4) is 0 Å². The van der Waals surface area contributed by atoms with Gasteiger partial charge in [0.25, 0.3) is 0 Å². The zero-order valence-electron chi connectivity index (χ0n) is 6.44. The zero-order valence-corrected chi connectivity index (χ0v) is 6.44. The summed E-state index contributed by atoms with van der Waals surface area (Å²) in [6, 6.07) is 0. The molecule has 2 heterocycles. The fourth-order valence-corrected chi connectivity index (χ4v) is 1.05. The first-order valence-corrected chi connectivity index (χ1v) is 3.38. The van der Waals surface area contributed by atoms with Crippen molar-refractivity contribution in [3.8, 4) is 0 Å². The fraction of sp³-hybridized carbons (Fsp3) is 0.286. The molecular formula is C7H8N4. The van der Waals surface area contributed by atoms with Gasteiger partial charge >= 0.3 is 0 Å². The molecular weight excluding hydrogens is 140 g/mol. The summed E-state index contributed by atoms with van der Waals surface area (Å²) in [6.07, 6.45) is 3.46. The SMILES string of the molecule is Cc1cnnc2c1ncn2C. The Morgan fingerprint density at radius 1 is 1.45 bits per heavy atom. The highest BCUT2D eigenvalue weighted by Crippen LogP contribution is 2.10. The largest absolute Gasteiger partial charge is 0.317 e. The first kappa shape index (κ1) is 6.27. The van der Waals surface area contributed by atoms with Gasteiger partial charge in [0.15, 0.2) is 5.65 Å². The number of rotatable bonds is 0. The van der Waals surface area contributed by atoms with E-state index in [0.717, 1.165) is 16.7 Å². The van der Waals surface area contributed by atoms with Crippen LogP contribution in [0, 0.1) is 6.92 Å². The van der Waals surface area contributed by atoms with Gasteiger partial charge in [-0.15, -0.1) is 5.10 Å². The molecule has 0 bridgehead atoms. The summed E-state index contributed by atoms with van der Waals surface area (Å²) in [5.41, 5.74) is 2.84. The van der Waals surface area contributed by atoms with Crippen molar-refractivity contribution in [3.05, 3.63) is 18.1 Å². The van der Waals surface area contributed by atoms with E-state index in [1.165, 1.54) is 0 Å². The average molecular weight is 148 g/mol. The van der Waals surface area contributed by atoms with E-state index in [0.29, 0.717) is 0 Å². The number of fused-ring (bicyclic) bond motifs is 1. The Morgan fingerprint density at radius 3 is 3.00 bits per heavy atom. The Bertz CT molecular complexity index is 390. The highest BCUT2D eigenvalue weighted by Gasteiger charge is 2.02. The van der Waals surface area contributed by atoms with Gasteiger partial charge in [-0.1, -0.05) is 0 Å². The number of aryl methyl sites for hydroxylation is 2. The lowest BCUT2D eigenvalue weighted by Crippen LogP contribution is -1.90. The summed E-state index contributed by atoms with van der Waals surface area (Å²) >= 11 is 0. The molecule has 0 N–H and O–H groups in total. The molecule has 0 aliphatic carbocycles. The molecule has 2 aromatic heterocycles. The number of imidazole rings is 1. The van der Waals surface area contributed by atoms with Gasteiger partial charge in [-0.2, -0.15) is 5.10 Å². The highest BCUT2D eigenvalue weighted by atomic mass is 15.2. The fourth-order valence-electron chi connectivity index (χ4n) is 1.05. The number of hydrogen-bond acceptors (Lipinski definition) is 3. The first-order valence-electron chi connectivity index (χ1n) is 3.38. The molecule has 0 radical (unpaired) electrons. The van der Waals surface area contributed by atoms with Gasteiger partial charge in [0.05, 0.1) is 12.5 Å². The van der Waals surface area contributed by atoms with E-state index >= 15 is 0 Å². The summed E-state index contributed by atoms with van der Waals surface area (Å²) in [5, 5.41) is 7.79. The van der Waals surface area contributed by atoms with Crippen LogP contribution >= 0.6 is 0 Å². The summed E-state index contributed by atoms with van der Waals surface area (Å²) < 4.78 is 1.86. The van der Waals surface area contributed by atoms with Crippen LogP contribution < -0.4 is 0 Å². The molecule has 0 aliphatic heterocycles. The zero-order chi connectivity index (χ0) is 7.84. The van der Waals surface area contributed by atoms with Crippen LogP contribution in [0.15, 0.2) is 12.5 Å². The second-order valence-electron chi connectivity index (χ2n) is 2.56. The first-order chi connectivity index (χ1) is 5.29. The van der Waals surface area contributed by atoms with E-state index in [1.807, 2.05) is 18.5 Å².